The van der Waals surface area contributed by atoms with Crippen molar-refractivity contribution in [3.8, 4) is 0 Å². The van der Waals surface area contributed by atoms with Gasteiger partial charge < -0.3 is 20.4 Å². The molecule has 2 aliphatic rings. The molecule has 17 heavy (non-hydrogen) atoms. The van der Waals surface area contributed by atoms with Crippen LogP contribution < -0.4 is 5.32 Å². The van der Waals surface area contributed by atoms with Crippen LogP contribution in [0.3, 0.4) is 0 Å². The van der Waals surface area contributed by atoms with E-state index in [-0.39, 0.29) is 12.6 Å². The number of amides is 2. The van der Waals surface area contributed by atoms with Gasteiger partial charge in [0.15, 0.2) is 6.10 Å². The van der Waals surface area contributed by atoms with Crippen LogP contribution >= 0.6 is 0 Å². The van der Waals surface area contributed by atoms with Crippen LogP contribution in [0.4, 0.5) is 4.79 Å². The SMILES string of the molecule is O=C(O)[C@@H](O)CNC(=O)N1CC2CCCC2C1. The molecule has 0 aromatic carbocycles. The lowest BCUT2D eigenvalue weighted by Crippen LogP contribution is -2.43. The van der Waals surface area contributed by atoms with Gasteiger partial charge in [-0.25, -0.2) is 9.59 Å². The minimum Gasteiger partial charge on any atom is -0.479 e. The Balaban J connectivity index is 1.76. The molecule has 2 unspecified atom stereocenters. The summed E-state index contributed by atoms with van der Waals surface area (Å²) >= 11 is 0. The quantitative estimate of drug-likeness (QED) is 0.643. The van der Waals surface area contributed by atoms with Crippen molar-refractivity contribution in [3.05, 3.63) is 0 Å². The summed E-state index contributed by atoms with van der Waals surface area (Å²) in [5.74, 6) is -0.0844. The number of carbonyl (C=O) groups excluding carboxylic acids is 1. The van der Waals surface area contributed by atoms with E-state index in [1.807, 2.05) is 0 Å². The molecule has 0 aromatic rings. The van der Waals surface area contributed by atoms with Gasteiger partial charge in [-0.3, -0.25) is 0 Å². The van der Waals surface area contributed by atoms with Crippen LogP contribution in [0.25, 0.3) is 0 Å². The Kier molecular flexibility index (Phi) is 3.51. The van der Waals surface area contributed by atoms with Gasteiger partial charge in [-0.1, -0.05) is 6.42 Å². The Labute approximate surface area is 99.6 Å². The second-order valence-corrected chi connectivity index (χ2v) is 4.90. The van der Waals surface area contributed by atoms with E-state index < -0.39 is 12.1 Å². The molecule has 6 heteroatoms. The number of aliphatic carboxylic acids is 1. The van der Waals surface area contributed by atoms with Crippen molar-refractivity contribution in [2.45, 2.75) is 25.4 Å². The van der Waals surface area contributed by atoms with E-state index in [4.69, 9.17) is 10.2 Å². The molecule has 3 atom stereocenters. The molecule has 0 bridgehead atoms. The molecule has 2 rings (SSSR count). The highest BCUT2D eigenvalue weighted by molar-refractivity contribution is 5.77. The first-order valence-corrected chi connectivity index (χ1v) is 6.01. The fourth-order valence-electron chi connectivity index (χ4n) is 2.78. The summed E-state index contributed by atoms with van der Waals surface area (Å²) in [6, 6.07) is -0.264. The predicted octanol–water partition coefficient (Wildman–Crippen LogP) is -0.127. The van der Waals surface area contributed by atoms with Gasteiger partial charge in [0.1, 0.15) is 0 Å². The average molecular weight is 242 g/mol. The molecule has 1 saturated heterocycles. The lowest BCUT2D eigenvalue weighted by molar-refractivity contribution is -0.146. The molecule has 1 saturated carbocycles. The third-order valence-corrected chi connectivity index (χ3v) is 3.75. The van der Waals surface area contributed by atoms with E-state index in [1.54, 1.807) is 4.90 Å². The second-order valence-electron chi connectivity index (χ2n) is 4.90. The molecule has 0 spiro atoms. The van der Waals surface area contributed by atoms with E-state index in [9.17, 15) is 9.59 Å². The van der Waals surface area contributed by atoms with Crippen molar-refractivity contribution >= 4 is 12.0 Å². The number of urea groups is 1. The van der Waals surface area contributed by atoms with Crippen LogP contribution in [0.5, 0.6) is 0 Å². The Bertz CT molecular complexity index is 309. The van der Waals surface area contributed by atoms with Crippen molar-refractivity contribution in [1.29, 1.82) is 0 Å². The van der Waals surface area contributed by atoms with Gasteiger partial charge in [0, 0.05) is 13.1 Å². The van der Waals surface area contributed by atoms with Crippen LogP contribution in [0.1, 0.15) is 19.3 Å². The Morgan fingerprint density at radius 2 is 1.88 bits per heavy atom. The minimum atomic E-state index is -1.53. The number of nitrogens with zero attached hydrogens (tertiary/aromatic N) is 1. The Hall–Kier alpha value is -1.30. The molecule has 1 heterocycles. The fourth-order valence-corrected chi connectivity index (χ4v) is 2.78. The number of likely N-dealkylation sites (tertiary alicyclic amines) is 1. The van der Waals surface area contributed by atoms with E-state index in [0.29, 0.717) is 11.8 Å². The fraction of sp³-hybridized carbons (Fsp3) is 0.818. The molecule has 2 fully saturated rings. The minimum absolute atomic E-state index is 0.236. The molecule has 2 amide bonds. The lowest BCUT2D eigenvalue weighted by Gasteiger charge is -2.18. The van der Waals surface area contributed by atoms with Gasteiger partial charge in [-0.2, -0.15) is 0 Å². The molecule has 3 N–H and O–H groups in total. The number of aliphatic hydroxyl groups is 1. The van der Waals surface area contributed by atoms with Gasteiger partial charge >= 0.3 is 12.0 Å². The maximum Gasteiger partial charge on any atom is 0.334 e. The van der Waals surface area contributed by atoms with Gasteiger partial charge in [-0.15, -0.1) is 0 Å². The van der Waals surface area contributed by atoms with Crippen LogP contribution in [0.15, 0.2) is 0 Å². The Morgan fingerprint density at radius 3 is 2.41 bits per heavy atom. The third-order valence-electron chi connectivity index (χ3n) is 3.75. The normalized spacial score (nSPS) is 28.9. The zero-order valence-electron chi connectivity index (χ0n) is 9.63. The number of fused-ring (bicyclic) bond motifs is 1. The van der Waals surface area contributed by atoms with E-state index in [0.717, 1.165) is 13.1 Å². The van der Waals surface area contributed by atoms with Crippen LogP contribution in [-0.4, -0.2) is 52.9 Å². The summed E-state index contributed by atoms with van der Waals surface area (Å²) in [7, 11) is 0. The first kappa shape index (κ1) is 12.2. The predicted molar refractivity (Wildman–Crippen MR) is 59.4 cm³/mol. The largest absolute Gasteiger partial charge is 0.479 e. The zero-order valence-corrected chi connectivity index (χ0v) is 9.63. The molecule has 0 radical (unpaired) electrons. The van der Waals surface area contributed by atoms with Crippen molar-refractivity contribution in [2.75, 3.05) is 19.6 Å². The molecule has 96 valence electrons. The number of carboxylic acid groups (broad SMARTS) is 1. The molecule has 0 aromatic heterocycles. The number of carboxylic acids is 1. The highest BCUT2D eigenvalue weighted by atomic mass is 16.4. The van der Waals surface area contributed by atoms with E-state index in [1.165, 1.54) is 19.3 Å². The number of rotatable bonds is 3. The number of aliphatic hydroxyl groups excluding tert-OH is 1. The molecule has 1 aliphatic carbocycles. The number of carbonyl (C=O) groups is 2. The molecule has 1 aliphatic heterocycles. The summed E-state index contributed by atoms with van der Waals surface area (Å²) in [6.45, 7) is 1.29. The maximum absolute atomic E-state index is 11.7. The monoisotopic (exact) mass is 242 g/mol. The molecular formula is C11H18N2O4. The van der Waals surface area contributed by atoms with Gasteiger partial charge in [0.05, 0.1) is 6.54 Å². The summed E-state index contributed by atoms with van der Waals surface area (Å²) in [4.78, 5) is 23.8. The highest BCUT2D eigenvalue weighted by Crippen LogP contribution is 2.37. The lowest BCUT2D eigenvalue weighted by atomic mass is 10.0. The smallest absolute Gasteiger partial charge is 0.334 e. The second kappa shape index (κ2) is 4.91. The number of nitrogens with one attached hydrogen (secondary N) is 1. The Morgan fingerprint density at radius 1 is 1.29 bits per heavy atom. The summed E-state index contributed by atoms with van der Waals surface area (Å²) in [6.07, 6.45) is 2.10. The van der Waals surface area contributed by atoms with Crippen molar-refractivity contribution in [1.82, 2.24) is 10.2 Å². The topological polar surface area (TPSA) is 89.9 Å². The van der Waals surface area contributed by atoms with E-state index in [2.05, 4.69) is 5.32 Å². The number of hydrogen-bond acceptors (Lipinski definition) is 3. The van der Waals surface area contributed by atoms with E-state index >= 15 is 0 Å². The standard InChI is InChI=1S/C11H18N2O4/c14-9(10(15)16)4-12-11(17)13-5-7-2-1-3-8(7)6-13/h7-9,14H,1-6H2,(H,12,17)(H,15,16)/t7?,8?,9-/m0/s1. The maximum atomic E-state index is 11.7. The first-order chi connectivity index (χ1) is 8.08. The molecule has 6 nitrogen and oxygen atoms in total. The number of hydrogen-bond donors (Lipinski definition) is 3. The van der Waals surface area contributed by atoms with Crippen LogP contribution in [0.2, 0.25) is 0 Å². The van der Waals surface area contributed by atoms with Crippen molar-refractivity contribution < 1.29 is 19.8 Å². The third kappa shape index (κ3) is 2.69. The summed E-state index contributed by atoms with van der Waals surface area (Å²) in [5, 5.41) is 20.0. The summed E-state index contributed by atoms with van der Waals surface area (Å²) < 4.78 is 0. The zero-order chi connectivity index (χ0) is 12.4. The van der Waals surface area contributed by atoms with Crippen molar-refractivity contribution in [3.63, 3.8) is 0 Å². The van der Waals surface area contributed by atoms with Gasteiger partial charge in [0.25, 0.3) is 0 Å². The van der Waals surface area contributed by atoms with Gasteiger partial charge in [-0.05, 0) is 24.7 Å². The van der Waals surface area contributed by atoms with Crippen molar-refractivity contribution in [2.24, 2.45) is 11.8 Å². The van der Waals surface area contributed by atoms with Crippen LogP contribution in [0, 0.1) is 11.8 Å². The summed E-state index contributed by atoms with van der Waals surface area (Å²) in [5.41, 5.74) is 0. The van der Waals surface area contributed by atoms with Gasteiger partial charge in [0.2, 0.25) is 0 Å². The van der Waals surface area contributed by atoms with Crippen LogP contribution in [-0.2, 0) is 4.79 Å². The first-order valence-electron chi connectivity index (χ1n) is 6.01. The highest BCUT2D eigenvalue weighted by Gasteiger charge is 2.38. The average Bonchev–Trinajstić information content (AvgIpc) is 2.84. The molecular weight excluding hydrogens is 224 g/mol.